The second kappa shape index (κ2) is 4.75. The minimum Gasteiger partial charge on any atom is -0.356 e. The monoisotopic (exact) mass is 249 g/mol. The van der Waals surface area contributed by atoms with Crippen molar-refractivity contribution in [3.05, 3.63) is 22.2 Å². The second-order valence-corrected chi connectivity index (χ2v) is 6.29. The maximum absolute atomic E-state index is 11.7. The van der Waals surface area contributed by atoms with E-state index in [2.05, 4.69) is 28.7 Å². The molecule has 0 atom stereocenters. The normalized spacial score (nSPS) is 19.3. The molecule has 1 saturated heterocycles. The fourth-order valence-corrected chi connectivity index (χ4v) is 2.24. The molecule has 4 heteroatoms. The third-order valence-corrected chi connectivity index (χ3v) is 3.73. The number of nitrogens with zero attached hydrogens (tertiary/aromatic N) is 2. The topological polar surface area (TPSA) is 49.0 Å². The molecule has 4 nitrogen and oxygen atoms in total. The van der Waals surface area contributed by atoms with Crippen LogP contribution in [0.5, 0.6) is 0 Å². The van der Waals surface area contributed by atoms with Crippen molar-refractivity contribution in [3.63, 3.8) is 0 Å². The van der Waals surface area contributed by atoms with Crippen molar-refractivity contribution in [2.24, 2.45) is 5.41 Å². The van der Waals surface area contributed by atoms with Crippen molar-refractivity contribution in [2.45, 2.75) is 46.5 Å². The summed E-state index contributed by atoms with van der Waals surface area (Å²) in [4.78, 5) is 21.3. The lowest BCUT2D eigenvalue weighted by Gasteiger charge is -2.37. The van der Waals surface area contributed by atoms with E-state index in [-0.39, 0.29) is 11.5 Å². The summed E-state index contributed by atoms with van der Waals surface area (Å²) in [5, 5.41) is 0. The number of piperidine rings is 1. The number of hydrogen-bond donors (Lipinski definition) is 1. The van der Waals surface area contributed by atoms with Crippen molar-refractivity contribution in [1.29, 1.82) is 0 Å². The molecule has 0 aromatic carbocycles. The van der Waals surface area contributed by atoms with Crippen molar-refractivity contribution in [3.8, 4) is 0 Å². The molecule has 0 spiro atoms. The van der Waals surface area contributed by atoms with Crippen LogP contribution in [0, 0.1) is 5.41 Å². The first-order chi connectivity index (χ1) is 8.37. The molecule has 0 bridgehead atoms. The van der Waals surface area contributed by atoms with Gasteiger partial charge < -0.3 is 9.88 Å². The molecule has 1 aliphatic heterocycles. The molecule has 2 rings (SSSR count). The third kappa shape index (κ3) is 2.92. The summed E-state index contributed by atoms with van der Waals surface area (Å²) in [6.07, 6.45) is 2.30. The highest BCUT2D eigenvalue weighted by atomic mass is 16.1. The van der Waals surface area contributed by atoms with E-state index in [1.165, 1.54) is 0 Å². The second-order valence-electron chi connectivity index (χ2n) is 6.29. The lowest BCUT2D eigenvalue weighted by molar-refractivity contribution is 0.279. The van der Waals surface area contributed by atoms with E-state index in [1.54, 1.807) is 6.07 Å². The van der Waals surface area contributed by atoms with Gasteiger partial charge in [-0.25, -0.2) is 4.98 Å². The number of rotatable bonds is 2. The Balaban J connectivity index is 2.21. The minimum atomic E-state index is -0.0477. The Hall–Kier alpha value is -1.32. The van der Waals surface area contributed by atoms with E-state index in [4.69, 9.17) is 0 Å². The van der Waals surface area contributed by atoms with E-state index >= 15 is 0 Å². The fourth-order valence-electron chi connectivity index (χ4n) is 2.24. The molecule has 18 heavy (non-hydrogen) atoms. The zero-order valence-corrected chi connectivity index (χ0v) is 11.8. The zero-order chi connectivity index (χ0) is 13.3. The Labute approximate surface area is 108 Å². The summed E-state index contributed by atoms with van der Waals surface area (Å²) in [5.41, 5.74) is 0.368. The van der Waals surface area contributed by atoms with Crippen molar-refractivity contribution < 1.29 is 0 Å². The Kier molecular flexibility index (Phi) is 3.46. The van der Waals surface area contributed by atoms with Crippen LogP contribution in [0.15, 0.2) is 10.9 Å². The van der Waals surface area contributed by atoms with Gasteiger partial charge in [0.2, 0.25) is 0 Å². The molecule has 0 unspecified atom stereocenters. The Morgan fingerprint density at radius 2 is 1.94 bits per heavy atom. The van der Waals surface area contributed by atoms with Gasteiger partial charge >= 0.3 is 0 Å². The smallest absolute Gasteiger partial charge is 0.252 e. The van der Waals surface area contributed by atoms with E-state index in [1.807, 2.05) is 13.8 Å². The van der Waals surface area contributed by atoms with Gasteiger partial charge in [-0.1, -0.05) is 27.7 Å². The summed E-state index contributed by atoms with van der Waals surface area (Å²) in [6.45, 7) is 10.7. The standard InChI is InChI=1S/C14H23N3O/c1-10(2)13-15-11(9-12(18)16-13)17-7-5-14(3,4)6-8-17/h9-10H,5-8H2,1-4H3,(H,15,16,18). The third-order valence-electron chi connectivity index (χ3n) is 3.73. The Morgan fingerprint density at radius 1 is 1.33 bits per heavy atom. The van der Waals surface area contributed by atoms with Crippen LogP contribution < -0.4 is 10.5 Å². The predicted molar refractivity (Wildman–Crippen MR) is 74.2 cm³/mol. The molecular formula is C14H23N3O. The highest BCUT2D eigenvalue weighted by Crippen LogP contribution is 2.31. The summed E-state index contributed by atoms with van der Waals surface area (Å²) in [7, 11) is 0. The fraction of sp³-hybridized carbons (Fsp3) is 0.714. The van der Waals surface area contributed by atoms with Crippen LogP contribution in [0.1, 0.15) is 52.3 Å². The number of nitrogens with one attached hydrogen (secondary N) is 1. The highest BCUT2D eigenvalue weighted by Gasteiger charge is 2.26. The summed E-state index contributed by atoms with van der Waals surface area (Å²) < 4.78 is 0. The van der Waals surface area contributed by atoms with Crippen molar-refractivity contribution in [1.82, 2.24) is 9.97 Å². The molecule has 1 aliphatic rings. The van der Waals surface area contributed by atoms with Gasteiger partial charge in [-0.15, -0.1) is 0 Å². The summed E-state index contributed by atoms with van der Waals surface area (Å²) in [5.74, 6) is 1.86. The summed E-state index contributed by atoms with van der Waals surface area (Å²) >= 11 is 0. The van der Waals surface area contributed by atoms with Gasteiger partial charge in [0, 0.05) is 25.1 Å². The SMILES string of the molecule is CC(C)c1nc(N2CCC(C)(C)CC2)cc(=O)[nH]1. The quantitative estimate of drug-likeness (QED) is 0.876. The molecule has 2 heterocycles. The van der Waals surface area contributed by atoms with Gasteiger partial charge in [0.1, 0.15) is 11.6 Å². The first kappa shape index (κ1) is 13.1. The molecule has 1 N–H and O–H groups in total. The van der Waals surface area contributed by atoms with Crippen LogP contribution in [-0.4, -0.2) is 23.1 Å². The largest absolute Gasteiger partial charge is 0.356 e. The molecule has 1 aromatic rings. The number of anilines is 1. The molecule has 0 amide bonds. The van der Waals surface area contributed by atoms with Crippen LogP contribution in [-0.2, 0) is 0 Å². The van der Waals surface area contributed by atoms with Gasteiger partial charge in [0.25, 0.3) is 5.56 Å². The lowest BCUT2D eigenvalue weighted by Crippen LogP contribution is -2.38. The predicted octanol–water partition coefficient (Wildman–Crippen LogP) is 2.52. The summed E-state index contributed by atoms with van der Waals surface area (Å²) in [6, 6.07) is 1.62. The van der Waals surface area contributed by atoms with Crippen LogP contribution >= 0.6 is 0 Å². The highest BCUT2D eigenvalue weighted by molar-refractivity contribution is 5.38. The molecule has 100 valence electrons. The number of aromatic nitrogens is 2. The van der Waals surface area contributed by atoms with Gasteiger partial charge in [-0.05, 0) is 18.3 Å². The number of hydrogen-bond acceptors (Lipinski definition) is 3. The zero-order valence-electron chi connectivity index (χ0n) is 11.8. The number of H-pyrrole nitrogens is 1. The van der Waals surface area contributed by atoms with Crippen LogP contribution in [0.25, 0.3) is 0 Å². The first-order valence-electron chi connectivity index (χ1n) is 6.74. The van der Waals surface area contributed by atoms with Gasteiger partial charge in [0.05, 0.1) is 0 Å². The molecule has 0 aliphatic carbocycles. The van der Waals surface area contributed by atoms with E-state index in [0.29, 0.717) is 5.41 Å². The van der Waals surface area contributed by atoms with Crippen molar-refractivity contribution >= 4 is 5.82 Å². The Morgan fingerprint density at radius 3 is 2.50 bits per heavy atom. The molecular weight excluding hydrogens is 226 g/mol. The van der Waals surface area contributed by atoms with E-state index < -0.39 is 0 Å². The maximum atomic E-state index is 11.7. The van der Waals surface area contributed by atoms with Crippen LogP contribution in [0.2, 0.25) is 0 Å². The first-order valence-corrected chi connectivity index (χ1v) is 6.74. The van der Waals surface area contributed by atoms with Gasteiger partial charge in [0.15, 0.2) is 0 Å². The molecule has 0 radical (unpaired) electrons. The Bertz CT molecular complexity index is 466. The van der Waals surface area contributed by atoms with Crippen LogP contribution in [0.3, 0.4) is 0 Å². The average molecular weight is 249 g/mol. The van der Waals surface area contributed by atoms with E-state index in [9.17, 15) is 4.79 Å². The molecule has 0 saturated carbocycles. The number of aromatic amines is 1. The lowest BCUT2D eigenvalue weighted by atomic mass is 9.83. The van der Waals surface area contributed by atoms with E-state index in [0.717, 1.165) is 37.6 Å². The van der Waals surface area contributed by atoms with Gasteiger partial charge in [-0.3, -0.25) is 4.79 Å². The maximum Gasteiger partial charge on any atom is 0.252 e. The van der Waals surface area contributed by atoms with Gasteiger partial charge in [-0.2, -0.15) is 0 Å². The average Bonchev–Trinajstić information content (AvgIpc) is 2.28. The van der Waals surface area contributed by atoms with Crippen molar-refractivity contribution in [2.75, 3.05) is 18.0 Å². The van der Waals surface area contributed by atoms with Crippen LogP contribution in [0.4, 0.5) is 5.82 Å². The minimum absolute atomic E-state index is 0.0477. The molecule has 1 fully saturated rings. The molecule has 1 aromatic heterocycles.